The first-order valence-electron chi connectivity index (χ1n) is 6.80. The highest BCUT2D eigenvalue weighted by molar-refractivity contribution is 6.35. The normalized spacial score (nSPS) is 19.5. The highest BCUT2D eigenvalue weighted by Gasteiger charge is 2.26. The van der Waals surface area contributed by atoms with Crippen molar-refractivity contribution in [2.45, 2.75) is 19.6 Å². The molecule has 0 bridgehead atoms. The molecule has 2 aromatic rings. The van der Waals surface area contributed by atoms with Gasteiger partial charge in [-0.25, -0.2) is 4.39 Å². The predicted octanol–water partition coefficient (Wildman–Crippen LogP) is 3.40. The van der Waals surface area contributed by atoms with Gasteiger partial charge >= 0.3 is 0 Å². The number of aromatic nitrogens is 2. The summed E-state index contributed by atoms with van der Waals surface area (Å²) >= 11 is 11.9. The van der Waals surface area contributed by atoms with E-state index < -0.39 is 5.82 Å². The Morgan fingerprint density at radius 2 is 2.14 bits per heavy atom. The van der Waals surface area contributed by atoms with Gasteiger partial charge in [0.05, 0.1) is 24.3 Å². The van der Waals surface area contributed by atoms with Crippen LogP contribution in [0.1, 0.15) is 23.4 Å². The number of aryl methyl sites for hydroxylation is 1. The van der Waals surface area contributed by atoms with Gasteiger partial charge in [-0.1, -0.05) is 23.2 Å². The van der Waals surface area contributed by atoms with Crippen LogP contribution in [0.4, 0.5) is 4.39 Å². The van der Waals surface area contributed by atoms with E-state index in [1.807, 2.05) is 0 Å². The summed E-state index contributed by atoms with van der Waals surface area (Å²) in [6, 6.07) is 2.73. The zero-order valence-electron chi connectivity index (χ0n) is 11.9. The molecule has 0 N–H and O–H groups in total. The van der Waals surface area contributed by atoms with Gasteiger partial charge in [-0.2, -0.15) is 0 Å². The summed E-state index contributed by atoms with van der Waals surface area (Å²) < 4.78 is 24.8. The smallest absolute Gasteiger partial charge is 0.230 e. The summed E-state index contributed by atoms with van der Waals surface area (Å²) in [6.45, 7) is 4.06. The minimum atomic E-state index is -0.505. The number of ether oxygens (including phenoxy) is 1. The molecule has 0 spiro atoms. The van der Waals surface area contributed by atoms with Crippen molar-refractivity contribution in [3.8, 4) is 0 Å². The van der Waals surface area contributed by atoms with Crippen molar-refractivity contribution in [1.29, 1.82) is 0 Å². The molecule has 22 heavy (non-hydrogen) atoms. The molecule has 0 aliphatic carbocycles. The van der Waals surface area contributed by atoms with E-state index in [2.05, 4.69) is 15.1 Å². The maximum Gasteiger partial charge on any atom is 0.230 e. The van der Waals surface area contributed by atoms with E-state index in [1.54, 1.807) is 6.92 Å². The van der Waals surface area contributed by atoms with Crippen molar-refractivity contribution in [1.82, 2.24) is 15.1 Å². The van der Waals surface area contributed by atoms with Crippen molar-refractivity contribution in [3.63, 3.8) is 0 Å². The molecular formula is C14H14Cl2FN3O2. The second-order valence-corrected chi connectivity index (χ2v) is 5.91. The van der Waals surface area contributed by atoms with Crippen molar-refractivity contribution in [3.05, 3.63) is 45.3 Å². The first kappa shape index (κ1) is 15.7. The molecule has 5 nitrogen and oxygen atoms in total. The van der Waals surface area contributed by atoms with Gasteiger partial charge in [0.25, 0.3) is 0 Å². The average molecular weight is 346 g/mol. The number of benzene rings is 1. The van der Waals surface area contributed by atoms with Crippen LogP contribution in [-0.4, -0.2) is 34.8 Å². The fourth-order valence-electron chi connectivity index (χ4n) is 2.41. The Morgan fingerprint density at radius 1 is 1.32 bits per heavy atom. The molecule has 0 saturated carbocycles. The largest absolute Gasteiger partial charge is 0.424 e. The molecule has 0 unspecified atom stereocenters. The molecule has 1 aromatic heterocycles. The summed E-state index contributed by atoms with van der Waals surface area (Å²) in [6.07, 6.45) is -0.322. The SMILES string of the molecule is Cc1nnc(CN2CCO[C@@H](c3cc(F)c(Cl)cc3Cl)C2)o1. The van der Waals surface area contributed by atoms with E-state index in [0.29, 0.717) is 42.1 Å². The third-order valence-corrected chi connectivity index (χ3v) is 4.08. The number of rotatable bonds is 3. The van der Waals surface area contributed by atoms with E-state index in [9.17, 15) is 4.39 Å². The molecule has 1 atom stereocenters. The second kappa shape index (κ2) is 6.50. The lowest BCUT2D eigenvalue weighted by Gasteiger charge is -2.32. The van der Waals surface area contributed by atoms with Crippen LogP contribution in [-0.2, 0) is 11.3 Å². The predicted molar refractivity (Wildman–Crippen MR) is 79.4 cm³/mol. The molecule has 0 amide bonds. The molecule has 2 heterocycles. The lowest BCUT2D eigenvalue weighted by Crippen LogP contribution is -2.38. The second-order valence-electron chi connectivity index (χ2n) is 5.10. The fourth-order valence-corrected chi connectivity index (χ4v) is 2.92. The van der Waals surface area contributed by atoms with Gasteiger partial charge in [-0.3, -0.25) is 4.90 Å². The topological polar surface area (TPSA) is 51.4 Å². The molecule has 3 rings (SSSR count). The quantitative estimate of drug-likeness (QED) is 0.798. The summed E-state index contributed by atoms with van der Waals surface area (Å²) in [5.74, 6) is 0.573. The highest BCUT2D eigenvalue weighted by Crippen LogP contribution is 2.32. The Labute approximate surface area is 137 Å². The van der Waals surface area contributed by atoms with Crippen LogP contribution in [0.5, 0.6) is 0 Å². The Bertz CT molecular complexity index is 680. The summed E-state index contributed by atoms with van der Waals surface area (Å²) in [7, 11) is 0. The molecule has 1 aliphatic heterocycles. The van der Waals surface area contributed by atoms with Crippen molar-refractivity contribution < 1.29 is 13.5 Å². The van der Waals surface area contributed by atoms with Gasteiger partial charge in [-0.15, -0.1) is 10.2 Å². The zero-order chi connectivity index (χ0) is 15.7. The third kappa shape index (κ3) is 3.41. The van der Waals surface area contributed by atoms with E-state index in [0.717, 1.165) is 6.54 Å². The van der Waals surface area contributed by atoms with Gasteiger partial charge in [0.15, 0.2) is 0 Å². The number of hydrogen-bond acceptors (Lipinski definition) is 5. The van der Waals surface area contributed by atoms with Gasteiger partial charge in [0.2, 0.25) is 11.8 Å². The molecule has 118 valence electrons. The molecule has 1 aromatic carbocycles. The van der Waals surface area contributed by atoms with Crippen molar-refractivity contribution in [2.24, 2.45) is 0 Å². The monoisotopic (exact) mass is 345 g/mol. The zero-order valence-corrected chi connectivity index (χ0v) is 13.4. The van der Waals surface area contributed by atoms with Gasteiger partial charge in [0, 0.05) is 30.6 Å². The summed E-state index contributed by atoms with van der Waals surface area (Å²) in [4.78, 5) is 2.10. The van der Waals surface area contributed by atoms with Crippen LogP contribution in [0.2, 0.25) is 10.0 Å². The summed E-state index contributed by atoms with van der Waals surface area (Å²) in [5, 5.41) is 8.18. The highest BCUT2D eigenvalue weighted by atomic mass is 35.5. The molecule has 8 heteroatoms. The van der Waals surface area contributed by atoms with Crippen LogP contribution in [0, 0.1) is 12.7 Å². The number of hydrogen-bond donors (Lipinski definition) is 0. The van der Waals surface area contributed by atoms with Crippen molar-refractivity contribution in [2.75, 3.05) is 19.7 Å². The van der Waals surface area contributed by atoms with Crippen LogP contribution in [0.3, 0.4) is 0 Å². The Balaban J connectivity index is 1.74. The minimum Gasteiger partial charge on any atom is -0.424 e. The average Bonchev–Trinajstić information content (AvgIpc) is 2.88. The van der Waals surface area contributed by atoms with E-state index >= 15 is 0 Å². The Morgan fingerprint density at radius 3 is 2.86 bits per heavy atom. The van der Waals surface area contributed by atoms with E-state index in [4.69, 9.17) is 32.4 Å². The lowest BCUT2D eigenvalue weighted by molar-refractivity contribution is -0.0353. The lowest BCUT2D eigenvalue weighted by atomic mass is 10.1. The van der Waals surface area contributed by atoms with Crippen LogP contribution >= 0.6 is 23.2 Å². The number of morpholine rings is 1. The van der Waals surface area contributed by atoms with Gasteiger partial charge < -0.3 is 9.15 Å². The first-order chi connectivity index (χ1) is 10.5. The van der Waals surface area contributed by atoms with E-state index in [1.165, 1.54) is 12.1 Å². The number of nitrogens with zero attached hydrogens (tertiary/aromatic N) is 3. The first-order valence-corrected chi connectivity index (χ1v) is 7.56. The van der Waals surface area contributed by atoms with Gasteiger partial charge in [-0.05, 0) is 12.1 Å². The van der Waals surface area contributed by atoms with E-state index in [-0.39, 0.29) is 11.1 Å². The third-order valence-electron chi connectivity index (χ3n) is 3.46. The minimum absolute atomic E-state index is 0.00255. The van der Waals surface area contributed by atoms with Crippen molar-refractivity contribution >= 4 is 23.2 Å². The summed E-state index contributed by atoms with van der Waals surface area (Å²) in [5.41, 5.74) is 0.593. The molecule has 1 saturated heterocycles. The molecular weight excluding hydrogens is 332 g/mol. The van der Waals surface area contributed by atoms with Crippen LogP contribution in [0.25, 0.3) is 0 Å². The number of halogens is 3. The fraction of sp³-hybridized carbons (Fsp3) is 0.429. The Kier molecular flexibility index (Phi) is 4.63. The maximum absolute atomic E-state index is 13.7. The molecule has 1 fully saturated rings. The molecule has 0 radical (unpaired) electrons. The van der Waals surface area contributed by atoms with Gasteiger partial charge in [0.1, 0.15) is 5.82 Å². The Hall–Kier alpha value is -1.21. The maximum atomic E-state index is 13.7. The van der Waals surface area contributed by atoms with Crippen LogP contribution < -0.4 is 0 Å². The van der Waals surface area contributed by atoms with Crippen LogP contribution in [0.15, 0.2) is 16.5 Å². The standard InChI is InChI=1S/C14H14Cl2FN3O2/c1-8-18-19-14(22-8)7-20-2-3-21-13(6-20)9-4-12(17)11(16)5-10(9)15/h4-5,13H,2-3,6-7H2,1H3/t13-/m1/s1. The molecule has 1 aliphatic rings.